The van der Waals surface area contributed by atoms with Gasteiger partial charge in [0.05, 0.1) is 45.7 Å². The summed E-state index contributed by atoms with van der Waals surface area (Å²) in [7, 11) is 1.64. The summed E-state index contributed by atoms with van der Waals surface area (Å²) in [4.78, 5) is 16.6. The second-order valence-corrected chi connectivity index (χ2v) is 9.10. The number of aromatic nitrogens is 1. The van der Waals surface area contributed by atoms with E-state index in [9.17, 15) is 15.0 Å². The van der Waals surface area contributed by atoms with Gasteiger partial charge >= 0.3 is 0 Å². The molecule has 38 heavy (non-hydrogen) atoms. The molecule has 1 amide bonds. The summed E-state index contributed by atoms with van der Waals surface area (Å²) in [6.07, 6.45) is 1.27. The van der Waals surface area contributed by atoms with Crippen LogP contribution in [0.5, 0.6) is 11.5 Å². The number of piperidine rings is 1. The number of carboxylic acid groups (broad SMARTS) is 1. The number of amides is 1. The van der Waals surface area contributed by atoms with E-state index in [4.69, 9.17) is 18.9 Å². The van der Waals surface area contributed by atoms with E-state index < -0.39 is 24.2 Å². The van der Waals surface area contributed by atoms with Crippen molar-refractivity contribution in [3.05, 3.63) is 89.7 Å². The minimum absolute atomic E-state index is 0.0325. The first-order valence-electron chi connectivity index (χ1n) is 12.6. The quantitative estimate of drug-likeness (QED) is 0.362. The topological polar surface area (TPSA) is 113 Å². The van der Waals surface area contributed by atoms with Crippen molar-refractivity contribution in [3.63, 3.8) is 0 Å². The lowest BCUT2D eigenvalue weighted by Crippen LogP contribution is -2.56. The molecule has 1 aliphatic heterocycles. The van der Waals surface area contributed by atoms with Crippen molar-refractivity contribution in [1.82, 2.24) is 9.88 Å². The van der Waals surface area contributed by atoms with Gasteiger partial charge in [0.25, 0.3) is 0 Å². The maximum atomic E-state index is 11.5. The molecule has 3 atom stereocenters. The number of benzene rings is 2. The van der Waals surface area contributed by atoms with Crippen LogP contribution in [0.2, 0.25) is 0 Å². The summed E-state index contributed by atoms with van der Waals surface area (Å²) in [6.45, 7) is 1.88. The lowest BCUT2D eigenvalue weighted by molar-refractivity contribution is -0.270. The molecule has 1 aliphatic rings. The van der Waals surface area contributed by atoms with Crippen LogP contribution in [0.25, 0.3) is 0 Å². The summed E-state index contributed by atoms with van der Waals surface area (Å²) < 4.78 is 23.0. The van der Waals surface area contributed by atoms with Gasteiger partial charge in [0.15, 0.2) is 0 Å². The van der Waals surface area contributed by atoms with Crippen molar-refractivity contribution in [1.29, 1.82) is 0 Å². The van der Waals surface area contributed by atoms with Crippen molar-refractivity contribution in [3.8, 4) is 11.5 Å². The van der Waals surface area contributed by atoms with Gasteiger partial charge in [0.2, 0.25) is 0 Å². The number of hydrogen-bond acceptors (Lipinski definition) is 8. The first-order valence-corrected chi connectivity index (χ1v) is 12.6. The molecule has 3 aromatic rings. The Kier molecular flexibility index (Phi) is 9.91. The fraction of sp³-hybridized carbons (Fsp3) is 0.379. The first kappa shape index (κ1) is 27.4. The Bertz CT molecular complexity index is 1140. The van der Waals surface area contributed by atoms with Crippen molar-refractivity contribution in [2.45, 2.75) is 37.8 Å². The number of ether oxygens (including phenoxy) is 4. The number of hydrogen-bond donors (Lipinski definition) is 1. The summed E-state index contributed by atoms with van der Waals surface area (Å²) in [5.41, 5.74) is 2.76. The molecular formula is C29H33N2O7-. The number of nitrogens with zero attached hydrogens (tertiary/aromatic N) is 2. The predicted octanol–water partition coefficient (Wildman–Crippen LogP) is 2.76. The lowest BCUT2D eigenvalue weighted by atomic mass is 9.84. The first-order chi connectivity index (χ1) is 18.5. The van der Waals surface area contributed by atoms with Gasteiger partial charge in [-0.3, -0.25) is 4.98 Å². The fourth-order valence-corrected chi connectivity index (χ4v) is 4.56. The van der Waals surface area contributed by atoms with Crippen LogP contribution in [0.15, 0.2) is 73.1 Å². The molecule has 0 spiro atoms. The van der Waals surface area contributed by atoms with Crippen molar-refractivity contribution >= 4 is 6.09 Å². The zero-order chi connectivity index (χ0) is 26.7. The number of carbonyl (C=O) groups excluding carboxylic acids is 1. The van der Waals surface area contributed by atoms with Crippen molar-refractivity contribution < 1.29 is 34.0 Å². The van der Waals surface area contributed by atoms with Gasteiger partial charge in [0, 0.05) is 43.4 Å². The number of carbonyl (C=O) groups is 1. The van der Waals surface area contributed by atoms with Crippen LogP contribution in [0.1, 0.15) is 29.0 Å². The summed E-state index contributed by atoms with van der Waals surface area (Å²) >= 11 is 0. The van der Waals surface area contributed by atoms with E-state index >= 15 is 0 Å². The lowest BCUT2D eigenvalue weighted by Gasteiger charge is -2.43. The molecule has 0 aliphatic carbocycles. The second kappa shape index (κ2) is 13.8. The predicted molar refractivity (Wildman–Crippen MR) is 138 cm³/mol. The molecule has 9 nitrogen and oxygen atoms in total. The minimum atomic E-state index is -1.32. The standard InChI is InChI=1S/C29H34N2O7/c1-35-26-6-3-2-5-23(26)20-36-15-4-16-37-24-9-7-22(8-10-24)28-25(32)17-31(29(33)34)18-27(28)38-19-21-11-13-30-14-12-21/h2-3,5-14,25,27-28,32H,4,15-20H2,1H3,(H,33,34)/p-1. The number of likely N-dealkylation sites (tertiary alicyclic amines) is 1. The molecule has 9 heteroatoms. The van der Waals surface area contributed by atoms with Crippen LogP contribution in [-0.2, 0) is 22.7 Å². The number of pyridine rings is 1. The summed E-state index contributed by atoms with van der Waals surface area (Å²) in [5, 5.41) is 22.3. The average Bonchev–Trinajstić information content (AvgIpc) is 2.94. The van der Waals surface area contributed by atoms with Gasteiger partial charge in [-0.2, -0.15) is 0 Å². The van der Waals surface area contributed by atoms with E-state index in [1.807, 2.05) is 60.7 Å². The molecule has 202 valence electrons. The number of β-amino-alcohol motifs (C(OH)–C–C–N with tert-alkyl or cyclic N) is 1. The highest BCUT2D eigenvalue weighted by molar-refractivity contribution is 5.63. The van der Waals surface area contributed by atoms with Crippen LogP contribution in [0.4, 0.5) is 4.79 Å². The maximum Gasteiger partial charge on any atom is 0.137 e. The summed E-state index contributed by atoms with van der Waals surface area (Å²) in [6, 6.07) is 18.9. The van der Waals surface area contributed by atoms with E-state index in [-0.39, 0.29) is 19.7 Å². The molecule has 1 saturated heterocycles. The molecule has 1 fully saturated rings. The third-order valence-corrected chi connectivity index (χ3v) is 6.51. The summed E-state index contributed by atoms with van der Waals surface area (Å²) in [5.74, 6) is 1.11. The second-order valence-electron chi connectivity index (χ2n) is 9.10. The number of aliphatic hydroxyl groups excluding tert-OH is 1. The molecule has 0 radical (unpaired) electrons. The van der Waals surface area contributed by atoms with Gasteiger partial charge in [-0.05, 0) is 41.5 Å². The minimum Gasteiger partial charge on any atom is -0.530 e. The average molecular weight is 522 g/mol. The number of para-hydroxylation sites is 1. The van der Waals surface area contributed by atoms with E-state index in [0.717, 1.165) is 33.8 Å². The third-order valence-electron chi connectivity index (χ3n) is 6.51. The van der Waals surface area contributed by atoms with E-state index in [0.29, 0.717) is 25.6 Å². The van der Waals surface area contributed by atoms with Gasteiger partial charge in [0.1, 0.15) is 17.6 Å². The van der Waals surface area contributed by atoms with Gasteiger partial charge in [-0.15, -0.1) is 0 Å². The monoisotopic (exact) mass is 521 g/mol. The van der Waals surface area contributed by atoms with Gasteiger partial charge < -0.3 is 38.9 Å². The highest BCUT2D eigenvalue weighted by Gasteiger charge is 2.38. The van der Waals surface area contributed by atoms with Gasteiger partial charge in [-0.25, -0.2) is 0 Å². The largest absolute Gasteiger partial charge is 0.530 e. The number of methoxy groups -OCH3 is 1. The van der Waals surface area contributed by atoms with Crippen LogP contribution in [0, 0.1) is 0 Å². The van der Waals surface area contributed by atoms with Crippen molar-refractivity contribution in [2.75, 3.05) is 33.4 Å². The highest BCUT2D eigenvalue weighted by atomic mass is 16.5. The van der Waals surface area contributed by atoms with Crippen LogP contribution < -0.4 is 14.6 Å². The SMILES string of the molecule is COc1ccccc1COCCCOc1ccc(C2C(O)CN(C(=O)[O-])CC2OCc2ccncc2)cc1. The maximum absolute atomic E-state index is 11.5. The Hall–Kier alpha value is -3.66. The normalized spacial score (nSPS) is 19.2. The molecular weight excluding hydrogens is 488 g/mol. The Balaban J connectivity index is 1.29. The zero-order valence-electron chi connectivity index (χ0n) is 21.4. The van der Waals surface area contributed by atoms with E-state index in [1.54, 1.807) is 19.5 Å². The highest BCUT2D eigenvalue weighted by Crippen LogP contribution is 2.32. The smallest absolute Gasteiger partial charge is 0.137 e. The fourth-order valence-electron chi connectivity index (χ4n) is 4.56. The van der Waals surface area contributed by atoms with E-state index in [1.165, 1.54) is 0 Å². The number of aliphatic hydroxyl groups is 1. The Morgan fingerprint density at radius 1 is 1.03 bits per heavy atom. The molecule has 2 aromatic carbocycles. The van der Waals surface area contributed by atoms with Crippen LogP contribution in [0.3, 0.4) is 0 Å². The zero-order valence-corrected chi connectivity index (χ0v) is 21.4. The third kappa shape index (κ3) is 7.44. The molecule has 3 unspecified atom stereocenters. The molecule has 1 aromatic heterocycles. The Morgan fingerprint density at radius 2 is 1.79 bits per heavy atom. The van der Waals surface area contributed by atoms with Crippen LogP contribution >= 0.6 is 0 Å². The molecule has 0 saturated carbocycles. The molecule has 0 bridgehead atoms. The number of rotatable bonds is 12. The molecule has 4 rings (SSSR count). The molecule has 1 N–H and O–H groups in total. The Labute approximate surface area is 222 Å². The van der Waals surface area contributed by atoms with Crippen molar-refractivity contribution in [2.24, 2.45) is 0 Å². The van der Waals surface area contributed by atoms with E-state index in [2.05, 4.69) is 4.98 Å². The van der Waals surface area contributed by atoms with Crippen LogP contribution in [-0.4, -0.2) is 66.7 Å². The molecule has 2 heterocycles. The van der Waals surface area contributed by atoms with Gasteiger partial charge in [-0.1, -0.05) is 30.3 Å². The Morgan fingerprint density at radius 3 is 2.53 bits per heavy atom.